The van der Waals surface area contributed by atoms with Crippen LogP contribution in [0.25, 0.3) is 0 Å². The van der Waals surface area contributed by atoms with E-state index >= 15 is 0 Å². The van der Waals surface area contributed by atoms with Crippen LogP contribution in [0.4, 0.5) is 22.0 Å². The predicted molar refractivity (Wildman–Crippen MR) is 49.5 cm³/mol. The highest BCUT2D eigenvalue weighted by molar-refractivity contribution is 5.87. The van der Waals surface area contributed by atoms with Gasteiger partial charge in [0.05, 0.1) is 18.6 Å². The Morgan fingerprint density at radius 3 is 2.11 bits per heavy atom. The third-order valence-electron chi connectivity index (χ3n) is 1.88. The number of halogens is 5. The van der Waals surface area contributed by atoms with E-state index in [0.29, 0.717) is 12.1 Å². The first-order chi connectivity index (χ1) is 8.20. The molecule has 0 saturated carbocycles. The molecule has 3 nitrogen and oxygen atoms in total. The van der Waals surface area contributed by atoms with E-state index in [1.165, 1.54) is 0 Å². The van der Waals surface area contributed by atoms with Crippen molar-refractivity contribution in [3.05, 3.63) is 29.3 Å². The number of benzene rings is 1. The number of aromatic carboxylic acids is 1. The molecule has 0 heterocycles. The number of ether oxygens (including phenoxy) is 1. The van der Waals surface area contributed by atoms with Gasteiger partial charge in [0, 0.05) is 0 Å². The van der Waals surface area contributed by atoms with E-state index in [9.17, 15) is 26.7 Å². The van der Waals surface area contributed by atoms with Crippen LogP contribution in [0, 0.1) is 11.6 Å². The van der Waals surface area contributed by atoms with Gasteiger partial charge in [-0.15, -0.1) is 0 Å². The third kappa shape index (κ3) is 3.86. The number of rotatable bonds is 4. The summed E-state index contributed by atoms with van der Waals surface area (Å²) in [7, 11) is 0. The third-order valence-corrected chi connectivity index (χ3v) is 1.88. The number of hydrogen-bond donors (Lipinski definition) is 1. The monoisotopic (exact) mass is 270 g/mol. The summed E-state index contributed by atoms with van der Waals surface area (Å²) in [6, 6.07) is 0.933. The number of hydrogen-bond acceptors (Lipinski definition) is 2. The Kier molecular flexibility index (Phi) is 4.10. The number of carboxylic acids is 1. The van der Waals surface area contributed by atoms with Crippen molar-refractivity contribution in [1.29, 1.82) is 0 Å². The van der Waals surface area contributed by atoms with Crippen LogP contribution in [-0.2, 0) is 0 Å². The molecule has 0 fully saturated rings. The summed E-state index contributed by atoms with van der Waals surface area (Å²) in [6.07, 6.45) is -5.87. The molecule has 1 rings (SSSR count). The molecule has 0 aliphatic rings. The minimum atomic E-state index is -4.51. The van der Waals surface area contributed by atoms with Crippen molar-refractivity contribution < 1.29 is 36.6 Å². The Balaban J connectivity index is 2.81. The highest BCUT2D eigenvalue weighted by Gasteiger charge is 2.27. The maximum atomic E-state index is 13.2. The predicted octanol–water partition coefficient (Wildman–Crippen LogP) is 2.99. The van der Waals surface area contributed by atoms with Crippen molar-refractivity contribution in [1.82, 2.24) is 0 Å². The molecule has 0 unspecified atom stereocenters. The Morgan fingerprint density at radius 2 is 1.72 bits per heavy atom. The zero-order valence-electron chi connectivity index (χ0n) is 8.72. The molecule has 1 N–H and O–H groups in total. The average Bonchev–Trinajstić information content (AvgIpc) is 2.20. The first-order valence-corrected chi connectivity index (χ1v) is 4.62. The first-order valence-electron chi connectivity index (χ1n) is 4.62. The van der Waals surface area contributed by atoms with E-state index in [1.807, 2.05) is 0 Å². The van der Waals surface area contributed by atoms with E-state index in [4.69, 9.17) is 5.11 Å². The van der Waals surface area contributed by atoms with Crippen LogP contribution in [0.5, 0.6) is 5.75 Å². The SMILES string of the molecule is O=C(O)c1cc(F)c(OCCC(F)(F)F)c(F)c1. The Hall–Kier alpha value is -1.86. The van der Waals surface area contributed by atoms with Gasteiger partial charge >= 0.3 is 12.1 Å². The van der Waals surface area contributed by atoms with Crippen molar-refractivity contribution in [2.24, 2.45) is 0 Å². The van der Waals surface area contributed by atoms with Crippen LogP contribution in [0.1, 0.15) is 16.8 Å². The van der Waals surface area contributed by atoms with E-state index < -0.39 is 48.1 Å². The minimum Gasteiger partial charge on any atom is -0.487 e. The van der Waals surface area contributed by atoms with Gasteiger partial charge in [-0.05, 0) is 12.1 Å². The van der Waals surface area contributed by atoms with Crippen LogP contribution >= 0.6 is 0 Å². The van der Waals surface area contributed by atoms with Gasteiger partial charge in [-0.3, -0.25) is 0 Å². The molecule has 0 aromatic heterocycles. The number of carboxylic acid groups (broad SMARTS) is 1. The lowest BCUT2D eigenvalue weighted by atomic mass is 10.2. The van der Waals surface area contributed by atoms with E-state index in [1.54, 1.807) is 0 Å². The van der Waals surface area contributed by atoms with Crippen molar-refractivity contribution in [3.63, 3.8) is 0 Å². The lowest BCUT2D eigenvalue weighted by molar-refractivity contribution is -0.139. The van der Waals surface area contributed by atoms with Crippen LogP contribution in [0.2, 0.25) is 0 Å². The lowest BCUT2D eigenvalue weighted by Crippen LogP contribution is -2.14. The van der Waals surface area contributed by atoms with Crippen molar-refractivity contribution in [3.8, 4) is 5.75 Å². The van der Waals surface area contributed by atoms with Gasteiger partial charge in [0.1, 0.15) is 0 Å². The molecular weight excluding hydrogens is 263 g/mol. The Bertz CT molecular complexity index is 432. The minimum absolute atomic E-state index is 0.467. The molecule has 8 heteroatoms. The molecule has 0 bridgehead atoms. The van der Waals surface area contributed by atoms with Gasteiger partial charge in [-0.25, -0.2) is 13.6 Å². The molecule has 0 radical (unpaired) electrons. The number of alkyl halides is 3. The summed E-state index contributed by atoms with van der Waals surface area (Å²) >= 11 is 0. The van der Waals surface area contributed by atoms with Crippen molar-refractivity contribution in [2.75, 3.05) is 6.61 Å². The highest BCUT2D eigenvalue weighted by Crippen LogP contribution is 2.25. The second-order valence-corrected chi connectivity index (χ2v) is 3.29. The lowest BCUT2D eigenvalue weighted by Gasteiger charge is -2.10. The molecule has 1 aromatic rings. The standard InChI is InChI=1S/C10H7F5O3/c11-6-3-5(9(16)17)4-7(12)8(6)18-2-1-10(13,14)15/h3-4H,1-2H2,(H,16,17). The zero-order valence-corrected chi connectivity index (χ0v) is 8.72. The summed E-state index contributed by atoms with van der Waals surface area (Å²) in [5.74, 6) is -5.32. The van der Waals surface area contributed by atoms with Gasteiger partial charge in [0.15, 0.2) is 17.4 Å². The topological polar surface area (TPSA) is 46.5 Å². The number of carbonyl (C=O) groups is 1. The molecule has 0 amide bonds. The molecule has 1 aromatic carbocycles. The molecule has 0 aliphatic carbocycles. The second kappa shape index (κ2) is 5.19. The van der Waals surface area contributed by atoms with Crippen LogP contribution in [-0.4, -0.2) is 23.9 Å². The summed E-state index contributed by atoms with van der Waals surface area (Å²) in [5, 5.41) is 8.48. The van der Waals surface area contributed by atoms with Gasteiger partial charge in [-0.2, -0.15) is 13.2 Å². The second-order valence-electron chi connectivity index (χ2n) is 3.29. The summed E-state index contributed by atoms with van der Waals surface area (Å²) in [5.41, 5.74) is -0.659. The molecule has 0 saturated heterocycles. The fourth-order valence-electron chi connectivity index (χ4n) is 1.09. The Labute approximate surface area is 97.8 Å². The summed E-state index contributed by atoms with van der Waals surface area (Å²) < 4.78 is 66.0. The average molecular weight is 270 g/mol. The van der Waals surface area contributed by atoms with Gasteiger partial charge in [0.2, 0.25) is 0 Å². The molecule has 100 valence electrons. The normalized spacial score (nSPS) is 11.4. The fourth-order valence-corrected chi connectivity index (χ4v) is 1.09. The van der Waals surface area contributed by atoms with Gasteiger partial charge in [0.25, 0.3) is 0 Å². The molecular formula is C10H7F5O3. The fraction of sp³-hybridized carbons (Fsp3) is 0.300. The quantitative estimate of drug-likeness (QED) is 0.855. The first kappa shape index (κ1) is 14.2. The summed E-state index contributed by atoms with van der Waals surface area (Å²) in [4.78, 5) is 10.4. The van der Waals surface area contributed by atoms with E-state index in [-0.39, 0.29) is 0 Å². The summed E-state index contributed by atoms with van der Waals surface area (Å²) in [6.45, 7) is -0.955. The van der Waals surface area contributed by atoms with Crippen molar-refractivity contribution >= 4 is 5.97 Å². The van der Waals surface area contributed by atoms with Crippen LogP contribution in [0.15, 0.2) is 12.1 Å². The van der Waals surface area contributed by atoms with E-state index in [0.717, 1.165) is 0 Å². The van der Waals surface area contributed by atoms with Crippen molar-refractivity contribution in [2.45, 2.75) is 12.6 Å². The maximum Gasteiger partial charge on any atom is 0.392 e. The highest BCUT2D eigenvalue weighted by atomic mass is 19.4. The maximum absolute atomic E-state index is 13.2. The molecule has 0 aliphatic heterocycles. The van der Waals surface area contributed by atoms with Gasteiger partial charge in [-0.1, -0.05) is 0 Å². The van der Waals surface area contributed by atoms with Crippen LogP contribution in [0.3, 0.4) is 0 Å². The molecule has 0 atom stereocenters. The largest absolute Gasteiger partial charge is 0.487 e. The van der Waals surface area contributed by atoms with Crippen LogP contribution < -0.4 is 4.74 Å². The van der Waals surface area contributed by atoms with E-state index in [2.05, 4.69) is 4.74 Å². The zero-order chi connectivity index (χ0) is 13.9. The smallest absolute Gasteiger partial charge is 0.392 e. The molecule has 18 heavy (non-hydrogen) atoms. The van der Waals surface area contributed by atoms with Gasteiger partial charge < -0.3 is 9.84 Å². The Morgan fingerprint density at radius 1 is 1.22 bits per heavy atom. The molecule has 0 spiro atoms.